The van der Waals surface area contributed by atoms with Crippen molar-refractivity contribution in [3.05, 3.63) is 34.6 Å². The van der Waals surface area contributed by atoms with Crippen molar-refractivity contribution in [2.45, 2.75) is 46.3 Å². The number of para-hydroxylation sites is 1. The van der Waals surface area contributed by atoms with E-state index in [1.807, 2.05) is 26.0 Å². The third-order valence-corrected chi connectivity index (χ3v) is 3.47. The number of hydrazine groups is 1. The molecule has 0 saturated heterocycles. The standard InChI is InChI=1S/C17H24N4O3/c1-4-15(22)19-20-17-18-14-9-6-5-8-13(14)16(23)21(17)10-7-11-24-12(2)3/h5-6,8-9,12H,4,7,10-11H2,1-3H3,(H,18,20)(H,19,22). The fourth-order valence-corrected chi connectivity index (χ4v) is 2.23. The largest absolute Gasteiger partial charge is 0.379 e. The van der Waals surface area contributed by atoms with Crippen LogP contribution >= 0.6 is 0 Å². The van der Waals surface area contributed by atoms with Crippen LogP contribution in [0.3, 0.4) is 0 Å². The van der Waals surface area contributed by atoms with Gasteiger partial charge in [-0.1, -0.05) is 19.1 Å². The van der Waals surface area contributed by atoms with Crippen molar-refractivity contribution in [1.82, 2.24) is 15.0 Å². The Morgan fingerprint density at radius 3 is 2.79 bits per heavy atom. The fourth-order valence-electron chi connectivity index (χ4n) is 2.23. The lowest BCUT2D eigenvalue weighted by atomic mass is 10.2. The predicted molar refractivity (Wildman–Crippen MR) is 93.8 cm³/mol. The molecule has 2 aromatic rings. The van der Waals surface area contributed by atoms with Crippen molar-refractivity contribution in [2.24, 2.45) is 0 Å². The number of hydrogen-bond acceptors (Lipinski definition) is 5. The van der Waals surface area contributed by atoms with Gasteiger partial charge in [-0.25, -0.2) is 4.98 Å². The lowest BCUT2D eigenvalue weighted by molar-refractivity contribution is -0.120. The molecule has 0 saturated carbocycles. The first-order chi connectivity index (χ1) is 11.5. The summed E-state index contributed by atoms with van der Waals surface area (Å²) in [4.78, 5) is 28.6. The maximum absolute atomic E-state index is 12.7. The first-order valence-corrected chi connectivity index (χ1v) is 8.19. The summed E-state index contributed by atoms with van der Waals surface area (Å²) in [5.41, 5.74) is 5.75. The highest BCUT2D eigenvalue weighted by atomic mass is 16.5. The van der Waals surface area contributed by atoms with E-state index in [-0.39, 0.29) is 17.6 Å². The van der Waals surface area contributed by atoms with Crippen LogP contribution in [0.25, 0.3) is 10.9 Å². The van der Waals surface area contributed by atoms with E-state index in [0.717, 1.165) is 0 Å². The minimum Gasteiger partial charge on any atom is -0.379 e. The summed E-state index contributed by atoms with van der Waals surface area (Å²) >= 11 is 0. The van der Waals surface area contributed by atoms with E-state index in [1.54, 1.807) is 19.1 Å². The van der Waals surface area contributed by atoms with Gasteiger partial charge in [0.25, 0.3) is 5.56 Å². The zero-order valence-electron chi connectivity index (χ0n) is 14.3. The van der Waals surface area contributed by atoms with Crippen molar-refractivity contribution in [1.29, 1.82) is 0 Å². The Morgan fingerprint density at radius 2 is 2.08 bits per heavy atom. The van der Waals surface area contributed by atoms with Crippen LogP contribution in [-0.2, 0) is 16.1 Å². The van der Waals surface area contributed by atoms with Crippen LogP contribution < -0.4 is 16.4 Å². The molecule has 7 heteroatoms. The molecule has 24 heavy (non-hydrogen) atoms. The van der Waals surface area contributed by atoms with Crippen LogP contribution in [0, 0.1) is 0 Å². The predicted octanol–water partition coefficient (Wildman–Crippen LogP) is 2.06. The number of hydrogen-bond donors (Lipinski definition) is 2. The average molecular weight is 332 g/mol. The molecule has 7 nitrogen and oxygen atoms in total. The van der Waals surface area contributed by atoms with Gasteiger partial charge in [0.2, 0.25) is 11.9 Å². The highest BCUT2D eigenvalue weighted by molar-refractivity contribution is 5.79. The summed E-state index contributed by atoms with van der Waals surface area (Å²) in [6, 6.07) is 7.16. The molecule has 0 aliphatic rings. The van der Waals surface area contributed by atoms with Gasteiger partial charge in [0, 0.05) is 19.6 Å². The molecule has 1 heterocycles. The number of benzene rings is 1. The Labute approximate surface area is 141 Å². The molecule has 0 spiro atoms. The first-order valence-electron chi connectivity index (χ1n) is 8.19. The smallest absolute Gasteiger partial charge is 0.262 e. The molecule has 2 rings (SSSR count). The second-order valence-electron chi connectivity index (χ2n) is 5.71. The van der Waals surface area contributed by atoms with E-state index >= 15 is 0 Å². The lowest BCUT2D eigenvalue weighted by Crippen LogP contribution is -2.34. The zero-order valence-corrected chi connectivity index (χ0v) is 14.3. The highest BCUT2D eigenvalue weighted by Crippen LogP contribution is 2.11. The molecule has 1 aromatic carbocycles. The van der Waals surface area contributed by atoms with E-state index in [2.05, 4.69) is 15.8 Å². The summed E-state index contributed by atoms with van der Waals surface area (Å²) in [6.07, 6.45) is 1.17. The SMILES string of the molecule is CCC(=O)NNc1nc2ccccc2c(=O)n1CCCOC(C)C. The molecule has 1 amide bonds. The summed E-state index contributed by atoms with van der Waals surface area (Å²) in [5.74, 6) is 0.150. The number of ether oxygens (including phenoxy) is 1. The van der Waals surface area contributed by atoms with Gasteiger partial charge in [0.1, 0.15) is 0 Å². The van der Waals surface area contributed by atoms with Crippen LogP contribution in [0.4, 0.5) is 5.95 Å². The average Bonchev–Trinajstić information content (AvgIpc) is 2.58. The number of rotatable bonds is 8. The number of anilines is 1. The maximum Gasteiger partial charge on any atom is 0.262 e. The van der Waals surface area contributed by atoms with Crippen molar-refractivity contribution < 1.29 is 9.53 Å². The van der Waals surface area contributed by atoms with E-state index in [9.17, 15) is 9.59 Å². The van der Waals surface area contributed by atoms with Crippen molar-refractivity contribution in [3.8, 4) is 0 Å². The minimum atomic E-state index is -0.174. The Morgan fingerprint density at radius 1 is 1.33 bits per heavy atom. The van der Waals surface area contributed by atoms with Gasteiger partial charge >= 0.3 is 0 Å². The van der Waals surface area contributed by atoms with Crippen molar-refractivity contribution >= 4 is 22.8 Å². The number of nitrogens with zero attached hydrogens (tertiary/aromatic N) is 2. The molecule has 0 aliphatic carbocycles. The van der Waals surface area contributed by atoms with Gasteiger partial charge in [-0.05, 0) is 32.4 Å². The summed E-state index contributed by atoms with van der Waals surface area (Å²) in [5, 5.41) is 0.551. The summed E-state index contributed by atoms with van der Waals surface area (Å²) in [7, 11) is 0. The van der Waals surface area contributed by atoms with Crippen molar-refractivity contribution in [2.75, 3.05) is 12.0 Å². The quantitative estimate of drug-likeness (QED) is 0.571. The number of carbonyl (C=O) groups excluding carboxylic acids is 1. The van der Waals surface area contributed by atoms with Gasteiger partial charge < -0.3 is 4.74 Å². The van der Waals surface area contributed by atoms with Crippen LogP contribution in [0.1, 0.15) is 33.6 Å². The first kappa shape index (κ1) is 17.9. The molecule has 2 N–H and O–H groups in total. The number of amides is 1. The van der Waals surface area contributed by atoms with Gasteiger partial charge in [-0.2, -0.15) is 0 Å². The third-order valence-electron chi connectivity index (χ3n) is 3.47. The normalized spacial score (nSPS) is 11.0. The van der Waals surface area contributed by atoms with Gasteiger partial charge in [0.05, 0.1) is 17.0 Å². The second-order valence-corrected chi connectivity index (χ2v) is 5.71. The number of aromatic nitrogens is 2. The van der Waals surface area contributed by atoms with Crippen LogP contribution in [0.5, 0.6) is 0 Å². The third kappa shape index (κ3) is 4.55. The van der Waals surface area contributed by atoms with Crippen LogP contribution in [0.15, 0.2) is 29.1 Å². The van der Waals surface area contributed by atoms with Gasteiger partial charge in [-0.15, -0.1) is 0 Å². The molecule has 0 aliphatic heterocycles. The zero-order chi connectivity index (χ0) is 17.5. The van der Waals surface area contributed by atoms with E-state index in [0.29, 0.717) is 42.8 Å². The summed E-state index contributed by atoms with van der Waals surface area (Å²) < 4.78 is 7.05. The van der Waals surface area contributed by atoms with Crippen molar-refractivity contribution in [3.63, 3.8) is 0 Å². The number of carbonyl (C=O) groups is 1. The summed E-state index contributed by atoms with van der Waals surface area (Å²) in [6.45, 7) is 6.70. The second kappa shape index (κ2) is 8.44. The molecule has 1 aromatic heterocycles. The van der Waals surface area contributed by atoms with E-state index < -0.39 is 0 Å². The molecular weight excluding hydrogens is 308 g/mol. The molecule has 0 bridgehead atoms. The van der Waals surface area contributed by atoms with E-state index in [1.165, 1.54) is 4.57 Å². The minimum absolute atomic E-state index is 0.140. The number of nitrogens with one attached hydrogen (secondary N) is 2. The molecule has 0 fully saturated rings. The van der Waals surface area contributed by atoms with Gasteiger partial charge in [-0.3, -0.25) is 25.0 Å². The van der Waals surface area contributed by atoms with Crippen LogP contribution in [-0.4, -0.2) is 28.2 Å². The topological polar surface area (TPSA) is 85.3 Å². The number of fused-ring (bicyclic) bond motifs is 1. The molecule has 0 unspecified atom stereocenters. The monoisotopic (exact) mass is 332 g/mol. The molecule has 130 valence electrons. The molecule has 0 radical (unpaired) electrons. The Hall–Kier alpha value is -2.41. The highest BCUT2D eigenvalue weighted by Gasteiger charge is 2.11. The van der Waals surface area contributed by atoms with Gasteiger partial charge in [0.15, 0.2) is 0 Å². The lowest BCUT2D eigenvalue weighted by Gasteiger charge is -2.15. The fraction of sp³-hybridized carbons (Fsp3) is 0.471. The van der Waals surface area contributed by atoms with Crippen LogP contribution in [0.2, 0.25) is 0 Å². The van der Waals surface area contributed by atoms with E-state index in [4.69, 9.17) is 4.74 Å². The Kier molecular flexibility index (Phi) is 6.31. The Bertz CT molecular complexity index is 755. The Balaban J connectivity index is 2.27. The molecule has 0 atom stereocenters. The molecular formula is C17H24N4O3. The maximum atomic E-state index is 12.7.